The summed E-state index contributed by atoms with van der Waals surface area (Å²) >= 11 is 1.30. The fourth-order valence-electron chi connectivity index (χ4n) is 3.57. The molecule has 2 aromatic rings. The first-order chi connectivity index (χ1) is 14.3. The van der Waals surface area contributed by atoms with Gasteiger partial charge in [0.25, 0.3) is 0 Å². The molecule has 2 aromatic carbocycles. The molecule has 1 N–H and O–H groups in total. The van der Waals surface area contributed by atoms with Gasteiger partial charge in [0.05, 0.1) is 23.2 Å². The van der Waals surface area contributed by atoms with Crippen LogP contribution in [0.5, 0.6) is 0 Å². The van der Waals surface area contributed by atoms with E-state index in [0.717, 1.165) is 6.42 Å². The number of hydrogen-bond acceptors (Lipinski definition) is 6. The van der Waals surface area contributed by atoms with Crippen molar-refractivity contribution < 1.29 is 17.6 Å². The minimum absolute atomic E-state index is 0.00471. The van der Waals surface area contributed by atoms with E-state index < -0.39 is 15.7 Å². The van der Waals surface area contributed by atoms with Crippen LogP contribution in [0.25, 0.3) is 0 Å². The van der Waals surface area contributed by atoms with Crippen molar-refractivity contribution in [2.75, 3.05) is 28.3 Å². The van der Waals surface area contributed by atoms with Gasteiger partial charge >= 0.3 is 0 Å². The number of amidine groups is 1. The molecule has 1 fully saturated rings. The van der Waals surface area contributed by atoms with Gasteiger partial charge in [0.2, 0.25) is 5.91 Å². The first-order valence-electron chi connectivity index (χ1n) is 9.70. The average Bonchev–Trinajstić information content (AvgIpc) is 3.21. The molecule has 0 unspecified atom stereocenters. The number of nitrogens with one attached hydrogen (secondary N) is 1. The topological polar surface area (TPSA) is 78.8 Å². The largest absolute Gasteiger partial charge is 0.325 e. The molecule has 0 bridgehead atoms. The number of halogens is 1. The average molecular weight is 448 g/mol. The summed E-state index contributed by atoms with van der Waals surface area (Å²) in [6.45, 7) is 1.93. The summed E-state index contributed by atoms with van der Waals surface area (Å²) in [5.41, 5.74) is 2.07. The Morgan fingerprint density at radius 1 is 1.20 bits per heavy atom. The molecule has 0 saturated carbocycles. The number of para-hydroxylation sites is 1. The molecule has 2 atom stereocenters. The zero-order valence-electron chi connectivity index (χ0n) is 16.4. The number of aliphatic imine (C=N–C) groups is 1. The standard InChI is InChI=1S/C21H22FN3O3S2/c1-2-14-7-9-15(10-8-14)23-20(26)11-25(18-6-4-3-5-16(18)22)21-24-17-12-30(27,28)13-19(17)29-21/h3-10,17,19H,2,11-13H2,1H3,(H,23,26)/t17-,19+/m0/s1. The molecule has 4 rings (SSSR count). The van der Waals surface area contributed by atoms with Crippen LogP contribution in [0.3, 0.4) is 0 Å². The summed E-state index contributed by atoms with van der Waals surface area (Å²) in [5, 5.41) is 3.12. The van der Waals surface area contributed by atoms with Crippen molar-refractivity contribution >= 4 is 44.0 Å². The predicted octanol–water partition coefficient (Wildman–Crippen LogP) is 3.10. The summed E-state index contributed by atoms with van der Waals surface area (Å²) in [4.78, 5) is 18.8. The monoisotopic (exact) mass is 447 g/mol. The molecule has 2 aliphatic heterocycles. The number of fused-ring (bicyclic) bond motifs is 1. The van der Waals surface area contributed by atoms with E-state index >= 15 is 0 Å². The molecule has 2 heterocycles. The van der Waals surface area contributed by atoms with E-state index in [4.69, 9.17) is 0 Å². The van der Waals surface area contributed by atoms with Crippen molar-refractivity contribution in [3.05, 3.63) is 59.9 Å². The normalized spacial score (nSPS) is 21.7. The van der Waals surface area contributed by atoms with Crippen LogP contribution >= 0.6 is 11.8 Å². The lowest BCUT2D eigenvalue weighted by Crippen LogP contribution is -2.37. The van der Waals surface area contributed by atoms with Crippen molar-refractivity contribution in [2.24, 2.45) is 4.99 Å². The highest BCUT2D eigenvalue weighted by Gasteiger charge is 2.44. The second-order valence-corrected chi connectivity index (χ2v) is 10.7. The molecule has 30 heavy (non-hydrogen) atoms. The molecule has 1 amide bonds. The summed E-state index contributed by atoms with van der Waals surface area (Å²) in [7, 11) is -3.10. The molecule has 2 aliphatic rings. The van der Waals surface area contributed by atoms with Crippen LogP contribution in [0, 0.1) is 5.82 Å². The number of carbonyl (C=O) groups is 1. The maximum absolute atomic E-state index is 14.5. The lowest BCUT2D eigenvalue weighted by molar-refractivity contribution is -0.114. The summed E-state index contributed by atoms with van der Waals surface area (Å²) in [5.74, 6) is -0.730. The highest BCUT2D eigenvalue weighted by molar-refractivity contribution is 8.15. The predicted molar refractivity (Wildman–Crippen MR) is 119 cm³/mol. The van der Waals surface area contributed by atoms with Crippen LogP contribution < -0.4 is 10.2 Å². The Morgan fingerprint density at radius 3 is 2.60 bits per heavy atom. The summed E-state index contributed by atoms with van der Waals surface area (Å²) in [6.07, 6.45) is 0.907. The molecule has 6 nitrogen and oxygen atoms in total. The molecule has 1 saturated heterocycles. The Balaban J connectivity index is 1.55. The highest BCUT2D eigenvalue weighted by Crippen LogP contribution is 2.37. The maximum Gasteiger partial charge on any atom is 0.244 e. The highest BCUT2D eigenvalue weighted by atomic mass is 32.2. The quantitative estimate of drug-likeness (QED) is 0.762. The Hall–Kier alpha value is -2.39. The van der Waals surface area contributed by atoms with Gasteiger partial charge < -0.3 is 10.2 Å². The van der Waals surface area contributed by atoms with E-state index in [1.54, 1.807) is 18.2 Å². The molecule has 0 aliphatic carbocycles. The molecular weight excluding hydrogens is 425 g/mol. The first kappa shape index (κ1) is 20.9. The fourth-order valence-corrected chi connectivity index (χ4v) is 7.34. The number of hydrogen-bond donors (Lipinski definition) is 1. The summed E-state index contributed by atoms with van der Waals surface area (Å²) in [6, 6.07) is 13.4. The van der Waals surface area contributed by atoms with E-state index in [2.05, 4.69) is 17.2 Å². The lowest BCUT2D eigenvalue weighted by Gasteiger charge is -2.24. The smallest absolute Gasteiger partial charge is 0.244 e. The van der Waals surface area contributed by atoms with Gasteiger partial charge in [-0.2, -0.15) is 0 Å². The van der Waals surface area contributed by atoms with Crippen molar-refractivity contribution in [3.8, 4) is 0 Å². The van der Waals surface area contributed by atoms with Gasteiger partial charge in [-0.05, 0) is 36.2 Å². The van der Waals surface area contributed by atoms with Crippen molar-refractivity contribution in [2.45, 2.75) is 24.6 Å². The minimum Gasteiger partial charge on any atom is -0.325 e. The number of carbonyl (C=O) groups excluding carboxylic acids is 1. The zero-order chi connectivity index (χ0) is 21.3. The molecule has 0 radical (unpaired) electrons. The molecular formula is C21H22FN3O3S2. The van der Waals surface area contributed by atoms with Crippen LogP contribution in [0.2, 0.25) is 0 Å². The number of nitrogens with zero attached hydrogens (tertiary/aromatic N) is 2. The van der Waals surface area contributed by atoms with Gasteiger partial charge in [-0.1, -0.05) is 43.0 Å². The van der Waals surface area contributed by atoms with E-state index in [-0.39, 0.29) is 40.9 Å². The molecule has 0 aromatic heterocycles. The number of anilines is 2. The van der Waals surface area contributed by atoms with Crippen LogP contribution in [0.4, 0.5) is 15.8 Å². The Kier molecular flexibility index (Phi) is 5.84. The molecule has 158 valence electrons. The molecule has 9 heteroatoms. The Labute approximate surface area is 179 Å². The van der Waals surface area contributed by atoms with Crippen molar-refractivity contribution in [1.82, 2.24) is 0 Å². The minimum atomic E-state index is -3.10. The van der Waals surface area contributed by atoms with Crippen LogP contribution in [-0.2, 0) is 21.1 Å². The second kappa shape index (κ2) is 8.39. The van der Waals surface area contributed by atoms with Gasteiger partial charge in [0.15, 0.2) is 15.0 Å². The van der Waals surface area contributed by atoms with Gasteiger partial charge in [0.1, 0.15) is 12.4 Å². The number of aryl methyl sites for hydroxylation is 1. The fraction of sp³-hybridized carbons (Fsp3) is 0.333. The second-order valence-electron chi connectivity index (χ2n) is 7.35. The van der Waals surface area contributed by atoms with E-state index in [9.17, 15) is 17.6 Å². The van der Waals surface area contributed by atoms with E-state index in [0.29, 0.717) is 10.9 Å². The van der Waals surface area contributed by atoms with E-state index in [1.807, 2.05) is 24.3 Å². The Bertz CT molecular complexity index is 1090. The molecule has 0 spiro atoms. The van der Waals surface area contributed by atoms with Crippen LogP contribution in [0.1, 0.15) is 12.5 Å². The third-order valence-corrected chi connectivity index (χ3v) is 8.37. The number of amides is 1. The van der Waals surface area contributed by atoms with Gasteiger partial charge in [-0.25, -0.2) is 12.8 Å². The zero-order valence-corrected chi connectivity index (χ0v) is 18.0. The van der Waals surface area contributed by atoms with Crippen molar-refractivity contribution in [3.63, 3.8) is 0 Å². The van der Waals surface area contributed by atoms with Gasteiger partial charge in [-0.15, -0.1) is 0 Å². The third-order valence-electron chi connectivity index (χ3n) is 5.13. The van der Waals surface area contributed by atoms with Gasteiger partial charge in [0, 0.05) is 10.9 Å². The maximum atomic E-state index is 14.5. The first-order valence-corrected chi connectivity index (χ1v) is 12.4. The number of rotatable bonds is 5. The SMILES string of the molecule is CCc1ccc(NC(=O)CN(C2=N[C@H]3CS(=O)(=O)C[C@H]3S2)c2ccccc2F)cc1. The summed E-state index contributed by atoms with van der Waals surface area (Å²) < 4.78 is 38.2. The van der Waals surface area contributed by atoms with Crippen LogP contribution in [-0.4, -0.2) is 48.8 Å². The third kappa shape index (κ3) is 4.52. The van der Waals surface area contributed by atoms with Crippen molar-refractivity contribution in [1.29, 1.82) is 0 Å². The number of sulfone groups is 1. The number of benzene rings is 2. The Morgan fingerprint density at radius 2 is 1.93 bits per heavy atom. The van der Waals surface area contributed by atoms with E-state index in [1.165, 1.54) is 28.3 Å². The number of thioether (sulfide) groups is 1. The van der Waals surface area contributed by atoms with Gasteiger partial charge in [-0.3, -0.25) is 9.79 Å². The lowest BCUT2D eigenvalue weighted by atomic mass is 10.1. The van der Waals surface area contributed by atoms with Crippen LogP contribution in [0.15, 0.2) is 53.5 Å².